The predicted molar refractivity (Wildman–Crippen MR) is 114 cm³/mol. The van der Waals surface area contributed by atoms with Gasteiger partial charge >= 0.3 is 6.18 Å². The Morgan fingerprint density at radius 2 is 1.77 bits per heavy atom. The Balaban J connectivity index is 1.84. The predicted octanol–water partition coefficient (Wildman–Crippen LogP) is 4.45. The third-order valence-corrected chi connectivity index (χ3v) is 5.49. The van der Waals surface area contributed by atoms with Gasteiger partial charge in [-0.15, -0.1) is 0 Å². The zero-order valence-electron chi connectivity index (χ0n) is 17.4. The van der Waals surface area contributed by atoms with Gasteiger partial charge in [0.1, 0.15) is 0 Å². The molecule has 3 rings (SSSR count). The first kappa shape index (κ1) is 22.0. The molecular weight excluding hydrogens is 393 g/mol. The number of amides is 1. The SMILES string of the molecule is CCN1CCN(c2ccc(NC(=O)c3ccc(C)c(NC)c3)cc2C(F)(F)F)CC1. The summed E-state index contributed by atoms with van der Waals surface area (Å²) in [5.41, 5.74) is 1.68. The minimum absolute atomic E-state index is 0.120. The van der Waals surface area contributed by atoms with Crippen LogP contribution in [-0.4, -0.2) is 50.6 Å². The fraction of sp³-hybridized carbons (Fsp3) is 0.409. The summed E-state index contributed by atoms with van der Waals surface area (Å²) in [6.07, 6.45) is -4.51. The second-order valence-electron chi connectivity index (χ2n) is 7.38. The number of benzene rings is 2. The van der Waals surface area contributed by atoms with Gasteiger partial charge in [0, 0.05) is 55.9 Å². The summed E-state index contributed by atoms with van der Waals surface area (Å²) in [7, 11) is 1.75. The van der Waals surface area contributed by atoms with Gasteiger partial charge in [0.25, 0.3) is 5.91 Å². The Morgan fingerprint density at radius 1 is 1.07 bits per heavy atom. The molecule has 0 aromatic heterocycles. The number of anilines is 3. The van der Waals surface area contributed by atoms with E-state index in [0.717, 1.165) is 37.0 Å². The van der Waals surface area contributed by atoms with E-state index in [9.17, 15) is 18.0 Å². The van der Waals surface area contributed by atoms with Crippen LogP contribution < -0.4 is 15.5 Å². The molecule has 0 aliphatic carbocycles. The maximum atomic E-state index is 13.8. The Labute approximate surface area is 174 Å². The summed E-state index contributed by atoms with van der Waals surface area (Å²) in [6.45, 7) is 7.38. The second-order valence-corrected chi connectivity index (χ2v) is 7.38. The molecule has 0 bridgehead atoms. The third-order valence-electron chi connectivity index (χ3n) is 5.49. The number of rotatable bonds is 5. The van der Waals surface area contributed by atoms with Crippen LogP contribution in [0, 0.1) is 6.92 Å². The molecule has 1 aliphatic heterocycles. The molecule has 0 atom stereocenters. The molecule has 0 unspecified atom stereocenters. The van der Waals surface area contributed by atoms with Crippen molar-refractivity contribution in [2.75, 3.05) is 55.3 Å². The fourth-order valence-electron chi connectivity index (χ4n) is 3.66. The lowest BCUT2D eigenvalue weighted by Gasteiger charge is -2.36. The average Bonchev–Trinajstić information content (AvgIpc) is 2.73. The Morgan fingerprint density at radius 3 is 2.37 bits per heavy atom. The van der Waals surface area contributed by atoms with E-state index in [-0.39, 0.29) is 11.4 Å². The van der Waals surface area contributed by atoms with E-state index in [1.165, 1.54) is 12.1 Å². The number of likely N-dealkylation sites (N-methyl/N-ethyl adjacent to an activating group) is 1. The van der Waals surface area contributed by atoms with Gasteiger partial charge in [-0.3, -0.25) is 4.79 Å². The second kappa shape index (κ2) is 8.95. The Bertz CT molecular complexity index is 906. The summed E-state index contributed by atoms with van der Waals surface area (Å²) >= 11 is 0. The van der Waals surface area contributed by atoms with Crippen LogP contribution in [0.3, 0.4) is 0 Å². The van der Waals surface area contributed by atoms with Crippen LogP contribution in [0.4, 0.5) is 30.2 Å². The van der Waals surface area contributed by atoms with Crippen LogP contribution in [0.25, 0.3) is 0 Å². The lowest BCUT2D eigenvalue weighted by Crippen LogP contribution is -2.46. The monoisotopic (exact) mass is 420 g/mol. The summed E-state index contributed by atoms with van der Waals surface area (Å²) in [4.78, 5) is 16.5. The van der Waals surface area contributed by atoms with Gasteiger partial charge < -0.3 is 20.4 Å². The third kappa shape index (κ3) is 4.87. The molecule has 0 radical (unpaired) electrons. The minimum Gasteiger partial charge on any atom is -0.388 e. The van der Waals surface area contributed by atoms with Crippen molar-refractivity contribution in [3.05, 3.63) is 53.1 Å². The first-order valence-corrected chi connectivity index (χ1v) is 10.0. The van der Waals surface area contributed by atoms with Crippen molar-refractivity contribution in [3.63, 3.8) is 0 Å². The lowest BCUT2D eigenvalue weighted by atomic mass is 10.1. The number of carbonyl (C=O) groups excluding carboxylic acids is 1. The molecule has 2 aromatic carbocycles. The maximum Gasteiger partial charge on any atom is 0.418 e. The molecule has 30 heavy (non-hydrogen) atoms. The van der Waals surface area contributed by atoms with Crippen LogP contribution in [0.5, 0.6) is 0 Å². The Hall–Kier alpha value is -2.74. The maximum absolute atomic E-state index is 13.8. The summed E-state index contributed by atoms with van der Waals surface area (Å²) < 4.78 is 41.3. The highest BCUT2D eigenvalue weighted by Gasteiger charge is 2.36. The van der Waals surface area contributed by atoms with Crippen LogP contribution >= 0.6 is 0 Å². The number of nitrogens with zero attached hydrogens (tertiary/aromatic N) is 2. The van der Waals surface area contributed by atoms with Crippen molar-refractivity contribution >= 4 is 23.0 Å². The van der Waals surface area contributed by atoms with E-state index >= 15 is 0 Å². The van der Waals surface area contributed by atoms with Crippen LogP contribution in [0.1, 0.15) is 28.4 Å². The van der Waals surface area contributed by atoms with Crippen molar-refractivity contribution in [2.24, 2.45) is 0 Å². The van der Waals surface area contributed by atoms with E-state index in [4.69, 9.17) is 0 Å². The number of hydrogen-bond acceptors (Lipinski definition) is 4. The lowest BCUT2D eigenvalue weighted by molar-refractivity contribution is -0.137. The highest BCUT2D eigenvalue weighted by atomic mass is 19.4. The minimum atomic E-state index is -4.51. The normalized spacial score (nSPS) is 15.2. The number of halogens is 3. The van der Waals surface area contributed by atoms with Crippen LogP contribution in [0.2, 0.25) is 0 Å². The van der Waals surface area contributed by atoms with Gasteiger partial charge in [-0.1, -0.05) is 13.0 Å². The number of carbonyl (C=O) groups is 1. The highest BCUT2D eigenvalue weighted by molar-refractivity contribution is 6.05. The van der Waals surface area contributed by atoms with E-state index in [1.807, 2.05) is 13.8 Å². The molecule has 1 fully saturated rings. The number of alkyl halides is 3. The first-order valence-electron chi connectivity index (χ1n) is 10.0. The molecule has 1 amide bonds. The summed E-state index contributed by atoms with van der Waals surface area (Å²) in [5, 5.41) is 5.59. The number of piperazine rings is 1. The van der Waals surface area contributed by atoms with Crippen molar-refractivity contribution in [3.8, 4) is 0 Å². The van der Waals surface area contributed by atoms with Crippen molar-refractivity contribution < 1.29 is 18.0 Å². The quantitative estimate of drug-likeness (QED) is 0.750. The molecule has 2 N–H and O–H groups in total. The van der Waals surface area contributed by atoms with Gasteiger partial charge in [-0.2, -0.15) is 13.2 Å². The number of hydrogen-bond donors (Lipinski definition) is 2. The van der Waals surface area contributed by atoms with Gasteiger partial charge in [-0.25, -0.2) is 0 Å². The zero-order chi connectivity index (χ0) is 21.9. The average molecular weight is 420 g/mol. The van der Waals surface area contributed by atoms with Crippen molar-refractivity contribution in [1.29, 1.82) is 0 Å². The highest BCUT2D eigenvalue weighted by Crippen LogP contribution is 2.38. The zero-order valence-corrected chi connectivity index (χ0v) is 17.4. The molecule has 5 nitrogen and oxygen atoms in total. The first-order chi connectivity index (χ1) is 14.2. The molecule has 0 spiro atoms. The molecule has 1 aliphatic rings. The van der Waals surface area contributed by atoms with E-state index < -0.39 is 17.6 Å². The molecule has 1 heterocycles. The van der Waals surface area contributed by atoms with Gasteiger partial charge in [0.2, 0.25) is 0 Å². The Kier molecular flexibility index (Phi) is 6.55. The van der Waals surface area contributed by atoms with Crippen molar-refractivity contribution in [2.45, 2.75) is 20.0 Å². The molecule has 8 heteroatoms. The smallest absolute Gasteiger partial charge is 0.388 e. The fourth-order valence-corrected chi connectivity index (χ4v) is 3.66. The van der Waals surface area contributed by atoms with Crippen molar-refractivity contribution in [1.82, 2.24) is 4.90 Å². The number of aryl methyl sites for hydroxylation is 1. The van der Waals surface area contributed by atoms with E-state index in [0.29, 0.717) is 18.7 Å². The van der Waals surface area contributed by atoms with Crippen LogP contribution in [-0.2, 0) is 6.18 Å². The van der Waals surface area contributed by atoms with Gasteiger partial charge in [0.15, 0.2) is 0 Å². The molecular formula is C22H27F3N4O. The van der Waals surface area contributed by atoms with Gasteiger partial charge in [0.05, 0.1) is 5.56 Å². The summed E-state index contributed by atoms with van der Waals surface area (Å²) in [6, 6.07) is 9.12. The molecule has 1 saturated heterocycles. The largest absolute Gasteiger partial charge is 0.418 e. The molecule has 162 valence electrons. The van der Waals surface area contributed by atoms with Crippen LogP contribution in [0.15, 0.2) is 36.4 Å². The number of nitrogens with one attached hydrogen (secondary N) is 2. The molecule has 0 saturated carbocycles. The summed E-state index contributed by atoms with van der Waals surface area (Å²) in [5.74, 6) is -0.455. The topological polar surface area (TPSA) is 47.6 Å². The van der Waals surface area contributed by atoms with E-state index in [2.05, 4.69) is 15.5 Å². The van der Waals surface area contributed by atoms with E-state index in [1.54, 1.807) is 30.1 Å². The standard InChI is InChI=1S/C22H27F3N4O/c1-4-28-9-11-29(12-10-28)20-8-7-17(14-18(20)22(23,24)25)27-21(30)16-6-5-15(2)19(13-16)26-3/h5-8,13-14,26H,4,9-12H2,1-3H3,(H,27,30). The molecule has 2 aromatic rings. The van der Waals surface area contributed by atoms with Gasteiger partial charge in [-0.05, 0) is 49.4 Å².